The highest BCUT2D eigenvalue weighted by Gasteiger charge is 2.24. The summed E-state index contributed by atoms with van der Waals surface area (Å²) in [6, 6.07) is 7.57. The molecule has 1 heterocycles. The number of amides is 1. The summed E-state index contributed by atoms with van der Waals surface area (Å²) in [5.74, 6) is 0.0888. The van der Waals surface area contributed by atoms with Crippen molar-refractivity contribution in [2.45, 2.75) is 17.7 Å². The number of carbonyl (C=O) groups excluding carboxylic acids is 1. The molecule has 23 heavy (non-hydrogen) atoms. The van der Waals surface area contributed by atoms with E-state index in [4.69, 9.17) is 0 Å². The topological polar surface area (TPSA) is 104 Å². The molecule has 2 aromatic rings. The molecule has 1 saturated carbocycles. The zero-order valence-corrected chi connectivity index (χ0v) is 14.4. The molecule has 0 spiro atoms. The van der Waals surface area contributed by atoms with E-state index in [9.17, 15) is 13.2 Å². The third-order valence-electron chi connectivity index (χ3n) is 3.46. The lowest BCUT2D eigenvalue weighted by Crippen LogP contribution is -2.25. The molecular formula is C14H15BrN4O3S. The van der Waals surface area contributed by atoms with Crippen molar-refractivity contribution >= 4 is 37.5 Å². The van der Waals surface area contributed by atoms with Crippen LogP contribution in [0, 0.1) is 5.92 Å². The smallest absolute Gasteiger partial charge is 0.276 e. The molecule has 0 saturated heterocycles. The summed E-state index contributed by atoms with van der Waals surface area (Å²) in [4.78, 5) is 12.1. The fraction of sp³-hybridized carbons (Fsp3) is 0.286. The largest absolute Gasteiger partial charge is 0.321 e. The predicted molar refractivity (Wildman–Crippen MR) is 88.6 cm³/mol. The van der Waals surface area contributed by atoms with Gasteiger partial charge in [-0.3, -0.25) is 9.89 Å². The molecular weight excluding hydrogens is 384 g/mol. The van der Waals surface area contributed by atoms with Gasteiger partial charge in [-0.2, -0.15) is 5.10 Å². The summed E-state index contributed by atoms with van der Waals surface area (Å²) in [6.07, 6.45) is 2.16. The average molecular weight is 399 g/mol. The lowest BCUT2D eigenvalue weighted by Gasteiger charge is -2.07. The molecule has 122 valence electrons. The fourth-order valence-electron chi connectivity index (χ4n) is 1.96. The lowest BCUT2D eigenvalue weighted by molar-refractivity contribution is 0.102. The number of nitrogens with zero attached hydrogens (tertiary/aromatic N) is 1. The van der Waals surface area contributed by atoms with E-state index in [1.165, 1.54) is 12.1 Å². The van der Waals surface area contributed by atoms with Gasteiger partial charge < -0.3 is 5.32 Å². The average Bonchev–Trinajstić information content (AvgIpc) is 3.25. The first-order chi connectivity index (χ1) is 10.9. The van der Waals surface area contributed by atoms with Crippen molar-refractivity contribution in [3.05, 3.63) is 40.6 Å². The molecule has 1 aliphatic rings. The van der Waals surface area contributed by atoms with Crippen molar-refractivity contribution < 1.29 is 13.2 Å². The maximum atomic E-state index is 12.1. The second-order valence-electron chi connectivity index (χ2n) is 5.37. The number of nitrogens with one attached hydrogen (secondary N) is 3. The molecule has 1 amide bonds. The van der Waals surface area contributed by atoms with Gasteiger partial charge in [-0.1, -0.05) is 0 Å². The van der Waals surface area contributed by atoms with Crippen molar-refractivity contribution in [2.24, 2.45) is 5.92 Å². The van der Waals surface area contributed by atoms with Crippen LogP contribution in [-0.2, 0) is 10.0 Å². The zero-order valence-electron chi connectivity index (χ0n) is 12.0. The molecule has 1 fully saturated rings. The third kappa shape index (κ3) is 4.18. The van der Waals surface area contributed by atoms with Gasteiger partial charge in [-0.05, 0) is 59.0 Å². The van der Waals surface area contributed by atoms with Gasteiger partial charge in [0.05, 0.1) is 4.90 Å². The number of H-pyrrole nitrogens is 1. The maximum Gasteiger partial charge on any atom is 0.276 e. The van der Waals surface area contributed by atoms with E-state index < -0.39 is 10.0 Å². The number of hydrogen-bond donors (Lipinski definition) is 3. The molecule has 3 rings (SSSR count). The van der Waals surface area contributed by atoms with Crippen molar-refractivity contribution in [2.75, 3.05) is 11.9 Å². The van der Waals surface area contributed by atoms with Crippen LogP contribution in [0.3, 0.4) is 0 Å². The van der Waals surface area contributed by atoms with Gasteiger partial charge in [0.15, 0.2) is 5.69 Å². The van der Waals surface area contributed by atoms with Crippen LogP contribution in [0.5, 0.6) is 0 Å². The minimum Gasteiger partial charge on any atom is -0.321 e. The Morgan fingerprint density at radius 1 is 1.30 bits per heavy atom. The van der Waals surface area contributed by atoms with E-state index in [0.717, 1.165) is 12.8 Å². The Labute approximate surface area is 142 Å². The first-order valence-electron chi connectivity index (χ1n) is 7.06. The quantitative estimate of drug-likeness (QED) is 0.692. The van der Waals surface area contributed by atoms with Crippen LogP contribution in [0.25, 0.3) is 0 Å². The van der Waals surface area contributed by atoms with Crippen molar-refractivity contribution in [3.8, 4) is 0 Å². The maximum absolute atomic E-state index is 12.1. The summed E-state index contributed by atoms with van der Waals surface area (Å²) in [5.41, 5.74) is 0.731. The lowest BCUT2D eigenvalue weighted by atomic mass is 10.3. The summed E-state index contributed by atoms with van der Waals surface area (Å²) in [7, 11) is -3.50. The van der Waals surface area contributed by atoms with Crippen LogP contribution in [0.1, 0.15) is 23.3 Å². The second-order valence-corrected chi connectivity index (χ2v) is 8.00. The number of sulfonamides is 1. The van der Waals surface area contributed by atoms with E-state index in [0.29, 0.717) is 22.8 Å². The molecule has 0 bridgehead atoms. The fourth-order valence-corrected chi connectivity index (χ4v) is 3.38. The molecule has 1 aromatic carbocycles. The molecule has 0 atom stereocenters. The van der Waals surface area contributed by atoms with Crippen LogP contribution in [0.15, 0.2) is 39.8 Å². The molecule has 1 aromatic heterocycles. The number of benzene rings is 1. The van der Waals surface area contributed by atoms with Crippen molar-refractivity contribution in [3.63, 3.8) is 0 Å². The summed E-state index contributed by atoms with van der Waals surface area (Å²) >= 11 is 3.17. The number of anilines is 1. The molecule has 1 aliphatic carbocycles. The summed E-state index contributed by atoms with van der Waals surface area (Å²) < 4.78 is 27.4. The van der Waals surface area contributed by atoms with Gasteiger partial charge >= 0.3 is 0 Å². The van der Waals surface area contributed by atoms with Gasteiger partial charge in [0, 0.05) is 18.3 Å². The molecule has 0 radical (unpaired) electrons. The van der Waals surface area contributed by atoms with Gasteiger partial charge in [0.2, 0.25) is 10.0 Å². The highest BCUT2D eigenvalue weighted by molar-refractivity contribution is 9.10. The monoisotopic (exact) mass is 398 g/mol. The van der Waals surface area contributed by atoms with E-state index >= 15 is 0 Å². The third-order valence-corrected chi connectivity index (χ3v) is 5.31. The first-order valence-corrected chi connectivity index (χ1v) is 9.34. The van der Waals surface area contributed by atoms with Crippen LogP contribution in [-0.4, -0.2) is 31.1 Å². The van der Waals surface area contributed by atoms with Crippen molar-refractivity contribution in [1.82, 2.24) is 14.9 Å². The molecule has 9 heteroatoms. The number of carbonyl (C=O) groups is 1. The predicted octanol–water partition coefficient (Wildman–Crippen LogP) is 2.11. The molecule has 3 N–H and O–H groups in total. The highest BCUT2D eigenvalue weighted by Crippen LogP contribution is 2.28. The number of aromatic nitrogens is 2. The molecule has 0 aliphatic heterocycles. The SMILES string of the molecule is O=C(Nc1ccc(S(=O)(=O)NCC2CC2)cc1)c1cc(Br)[nH]n1. The number of aromatic amines is 1. The minimum absolute atomic E-state index is 0.179. The Kier molecular flexibility index (Phi) is 4.51. The van der Waals surface area contributed by atoms with E-state index in [1.54, 1.807) is 18.2 Å². The number of rotatable bonds is 6. The van der Waals surface area contributed by atoms with E-state index in [-0.39, 0.29) is 16.5 Å². The molecule has 0 unspecified atom stereocenters. The Bertz CT molecular complexity index is 813. The van der Waals surface area contributed by atoms with Crippen LogP contribution >= 0.6 is 15.9 Å². The van der Waals surface area contributed by atoms with Gasteiger partial charge in [0.1, 0.15) is 4.60 Å². The highest BCUT2D eigenvalue weighted by atomic mass is 79.9. The normalized spacial score (nSPS) is 14.7. The van der Waals surface area contributed by atoms with Crippen molar-refractivity contribution in [1.29, 1.82) is 0 Å². The standard InChI is InChI=1S/C14H15BrN4O3S/c15-13-7-12(18-19-13)14(20)17-10-3-5-11(6-4-10)23(21,22)16-8-9-1-2-9/h3-7,9,16H,1-2,8H2,(H,17,20)(H,18,19). The number of hydrogen-bond acceptors (Lipinski definition) is 4. The van der Waals surface area contributed by atoms with Gasteiger partial charge in [-0.25, -0.2) is 13.1 Å². The van der Waals surface area contributed by atoms with E-state index in [2.05, 4.69) is 36.2 Å². The van der Waals surface area contributed by atoms with Crippen LogP contribution in [0.2, 0.25) is 0 Å². The first kappa shape index (κ1) is 16.2. The Balaban J connectivity index is 1.65. The summed E-state index contributed by atoms with van der Waals surface area (Å²) in [6.45, 7) is 0.481. The van der Waals surface area contributed by atoms with Crippen LogP contribution < -0.4 is 10.0 Å². The number of halogens is 1. The zero-order chi connectivity index (χ0) is 16.4. The Morgan fingerprint density at radius 2 is 2.00 bits per heavy atom. The van der Waals surface area contributed by atoms with Gasteiger partial charge in [0.25, 0.3) is 5.91 Å². The Hall–Kier alpha value is -1.71. The van der Waals surface area contributed by atoms with Gasteiger partial charge in [-0.15, -0.1) is 0 Å². The Morgan fingerprint density at radius 3 is 2.57 bits per heavy atom. The molecule has 7 nitrogen and oxygen atoms in total. The van der Waals surface area contributed by atoms with Crippen LogP contribution in [0.4, 0.5) is 5.69 Å². The second kappa shape index (κ2) is 6.42. The minimum atomic E-state index is -3.50. The van der Waals surface area contributed by atoms with E-state index in [1.807, 2.05) is 0 Å². The summed E-state index contributed by atoms with van der Waals surface area (Å²) in [5, 5.41) is 9.09.